The van der Waals surface area contributed by atoms with Crippen molar-refractivity contribution in [3.63, 3.8) is 0 Å². The first-order valence-electron chi connectivity index (χ1n) is 5.87. The Kier molecular flexibility index (Phi) is 4.64. The quantitative estimate of drug-likeness (QED) is 0.654. The minimum atomic E-state index is 0.0752. The van der Waals surface area contributed by atoms with E-state index in [1.54, 1.807) is 12.3 Å². The number of nitrogens with zero attached hydrogens (tertiary/aromatic N) is 1. The van der Waals surface area contributed by atoms with Crippen LogP contribution in [-0.2, 0) is 0 Å². The first-order chi connectivity index (χ1) is 9.38. The summed E-state index contributed by atoms with van der Waals surface area (Å²) in [6, 6.07) is 20.3. The number of benzene rings is 2. The molecule has 0 fully saturated rings. The SMILES string of the molecule is O=C(c1ccccc1)c1ccccc1.c1cnoc1. The molecule has 0 aliphatic rings. The number of rotatable bonds is 2. The van der Waals surface area contributed by atoms with Crippen molar-refractivity contribution in [2.45, 2.75) is 0 Å². The van der Waals surface area contributed by atoms with Gasteiger partial charge in [0.1, 0.15) is 6.26 Å². The molecule has 3 rings (SSSR count). The van der Waals surface area contributed by atoms with Gasteiger partial charge in [-0.25, -0.2) is 0 Å². The number of carbonyl (C=O) groups is 1. The number of aromatic nitrogens is 1. The molecule has 1 heterocycles. The first kappa shape index (κ1) is 12.8. The molecular weight excluding hydrogens is 238 g/mol. The van der Waals surface area contributed by atoms with Crippen LogP contribution in [0.3, 0.4) is 0 Å². The van der Waals surface area contributed by atoms with E-state index in [4.69, 9.17) is 0 Å². The van der Waals surface area contributed by atoms with Gasteiger partial charge in [-0.05, 0) is 6.07 Å². The van der Waals surface area contributed by atoms with Crippen molar-refractivity contribution in [2.24, 2.45) is 0 Å². The second-order valence-corrected chi connectivity index (χ2v) is 3.75. The smallest absolute Gasteiger partial charge is 0.193 e. The van der Waals surface area contributed by atoms with Gasteiger partial charge in [-0.1, -0.05) is 65.8 Å². The molecule has 0 aliphatic carbocycles. The summed E-state index contributed by atoms with van der Waals surface area (Å²) in [4.78, 5) is 11.8. The van der Waals surface area contributed by atoms with Gasteiger partial charge in [-0.15, -0.1) is 0 Å². The number of hydrogen-bond donors (Lipinski definition) is 0. The average Bonchev–Trinajstić information content (AvgIpc) is 3.08. The number of hydrogen-bond acceptors (Lipinski definition) is 3. The van der Waals surface area contributed by atoms with E-state index in [1.165, 1.54) is 6.26 Å². The molecule has 0 spiro atoms. The van der Waals surface area contributed by atoms with Crippen molar-refractivity contribution in [3.8, 4) is 0 Å². The van der Waals surface area contributed by atoms with E-state index in [2.05, 4.69) is 9.68 Å². The van der Waals surface area contributed by atoms with Crippen molar-refractivity contribution in [2.75, 3.05) is 0 Å². The van der Waals surface area contributed by atoms with Crippen LogP contribution in [0, 0.1) is 0 Å². The molecule has 3 nitrogen and oxygen atoms in total. The van der Waals surface area contributed by atoms with Gasteiger partial charge in [0, 0.05) is 11.1 Å². The van der Waals surface area contributed by atoms with Gasteiger partial charge in [0.2, 0.25) is 0 Å². The van der Waals surface area contributed by atoms with Crippen LogP contribution in [0.25, 0.3) is 0 Å². The average molecular weight is 251 g/mol. The molecule has 0 radical (unpaired) electrons. The van der Waals surface area contributed by atoms with Crippen LogP contribution < -0.4 is 0 Å². The lowest BCUT2D eigenvalue weighted by Crippen LogP contribution is -1.99. The fraction of sp³-hybridized carbons (Fsp3) is 0. The van der Waals surface area contributed by atoms with Crippen LogP contribution >= 0.6 is 0 Å². The topological polar surface area (TPSA) is 43.1 Å². The summed E-state index contributed by atoms with van der Waals surface area (Å²) in [6.45, 7) is 0. The van der Waals surface area contributed by atoms with E-state index in [0.29, 0.717) is 0 Å². The van der Waals surface area contributed by atoms with Crippen molar-refractivity contribution < 1.29 is 9.32 Å². The predicted molar refractivity (Wildman–Crippen MR) is 72.8 cm³/mol. The van der Waals surface area contributed by atoms with Gasteiger partial charge in [-0.2, -0.15) is 0 Å². The minimum Gasteiger partial charge on any atom is -0.365 e. The first-order valence-corrected chi connectivity index (χ1v) is 5.87. The molecule has 0 bridgehead atoms. The molecule has 0 atom stereocenters. The zero-order chi connectivity index (χ0) is 13.3. The Balaban J connectivity index is 0.000000224. The third-order valence-corrected chi connectivity index (χ3v) is 2.42. The molecule has 3 aromatic rings. The van der Waals surface area contributed by atoms with Gasteiger partial charge in [0.05, 0.1) is 6.20 Å². The summed E-state index contributed by atoms with van der Waals surface area (Å²) >= 11 is 0. The van der Waals surface area contributed by atoms with Crippen molar-refractivity contribution in [1.29, 1.82) is 0 Å². The molecule has 0 saturated carbocycles. The van der Waals surface area contributed by atoms with Crippen LogP contribution in [-0.4, -0.2) is 10.9 Å². The highest BCUT2D eigenvalue weighted by Gasteiger charge is 2.06. The molecule has 0 unspecified atom stereocenters. The Hall–Kier alpha value is -2.68. The molecular formula is C16H13NO2. The van der Waals surface area contributed by atoms with Crippen molar-refractivity contribution in [3.05, 3.63) is 90.3 Å². The second kappa shape index (κ2) is 6.91. The molecule has 0 N–H and O–H groups in total. The van der Waals surface area contributed by atoms with E-state index < -0.39 is 0 Å². The molecule has 1 aromatic heterocycles. The highest BCUT2D eigenvalue weighted by molar-refractivity contribution is 6.08. The lowest BCUT2D eigenvalue weighted by atomic mass is 10.0. The van der Waals surface area contributed by atoms with E-state index in [9.17, 15) is 4.79 Å². The second-order valence-electron chi connectivity index (χ2n) is 3.75. The summed E-state index contributed by atoms with van der Waals surface area (Å²) in [7, 11) is 0. The fourth-order valence-corrected chi connectivity index (χ4v) is 1.52. The normalized spacial score (nSPS) is 9.26. The van der Waals surface area contributed by atoms with Crippen molar-refractivity contribution >= 4 is 5.78 Å². The minimum absolute atomic E-state index is 0.0752. The van der Waals surface area contributed by atoms with E-state index >= 15 is 0 Å². The molecule has 0 amide bonds. The van der Waals surface area contributed by atoms with Gasteiger partial charge >= 0.3 is 0 Å². The Morgan fingerprint density at radius 3 is 1.63 bits per heavy atom. The zero-order valence-corrected chi connectivity index (χ0v) is 10.3. The third-order valence-electron chi connectivity index (χ3n) is 2.42. The molecule has 2 aromatic carbocycles. The standard InChI is InChI=1S/C13H10O.C3H3NO/c14-13(11-7-3-1-4-8-11)12-9-5-2-6-10-12;1-2-4-5-3-1/h1-10H;1-3H. The maximum atomic E-state index is 11.8. The molecule has 19 heavy (non-hydrogen) atoms. The predicted octanol–water partition coefficient (Wildman–Crippen LogP) is 3.59. The number of carbonyl (C=O) groups excluding carboxylic acids is 1. The Bertz CT molecular complexity index is 530. The highest BCUT2D eigenvalue weighted by atomic mass is 16.5. The van der Waals surface area contributed by atoms with Crippen molar-refractivity contribution in [1.82, 2.24) is 5.16 Å². The fourth-order valence-electron chi connectivity index (χ4n) is 1.52. The molecule has 0 saturated heterocycles. The number of ketones is 1. The maximum absolute atomic E-state index is 11.8. The summed E-state index contributed by atoms with van der Waals surface area (Å²) in [5.41, 5.74) is 1.47. The van der Waals surface area contributed by atoms with Gasteiger partial charge < -0.3 is 4.52 Å². The lowest BCUT2D eigenvalue weighted by Gasteiger charge is -1.99. The monoisotopic (exact) mass is 251 g/mol. The molecule has 94 valence electrons. The van der Waals surface area contributed by atoms with E-state index in [1.807, 2.05) is 60.7 Å². The summed E-state index contributed by atoms with van der Waals surface area (Å²) < 4.78 is 4.33. The molecule has 0 aliphatic heterocycles. The van der Waals surface area contributed by atoms with Crippen LogP contribution in [0.2, 0.25) is 0 Å². The van der Waals surface area contributed by atoms with Gasteiger partial charge in [0.25, 0.3) is 0 Å². The van der Waals surface area contributed by atoms with E-state index in [0.717, 1.165) is 11.1 Å². The molecule has 3 heteroatoms. The Labute approximate surface area is 111 Å². The highest BCUT2D eigenvalue weighted by Crippen LogP contribution is 2.08. The van der Waals surface area contributed by atoms with E-state index in [-0.39, 0.29) is 5.78 Å². The summed E-state index contributed by atoms with van der Waals surface area (Å²) in [6.07, 6.45) is 3.10. The van der Waals surface area contributed by atoms with Crippen LogP contribution in [0.5, 0.6) is 0 Å². The van der Waals surface area contributed by atoms with Crippen LogP contribution in [0.4, 0.5) is 0 Å². The van der Waals surface area contributed by atoms with Gasteiger partial charge in [-0.3, -0.25) is 4.79 Å². The van der Waals surface area contributed by atoms with Crippen LogP contribution in [0.15, 0.2) is 83.7 Å². The third kappa shape index (κ3) is 3.92. The Morgan fingerprint density at radius 2 is 1.32 bits per heavy atom. The summed E-state index contributed by atoms with van der Waals surface area (Å²) in [5, 5.41) is 3.35. The Morgan fingerprint density at radius 1 is 0.789 bits per heavy atom. The lowest BCUT2D eigenvalue weighted by molar-refractivity contribution is 0.103. The van der Waals surface area contributed by atoms with Crippen LogP contribution in [0.1, 0.15) is 15.9 Å². The maximum Gasteiger partial charge on any atom is 0.193 e. The van der Waals surface area contributed by atoms with Gasteiger partial charge in [0.15, 0.2) is 5.78 Å². The summed E-state index contributed by atoms with van der Waals surface area (Å²) in [5.74, 6) is 0.0752. The largest absolute Gasteiger partial charge is 0.365 e. The zero-order valence-electron chi connectivity index (χ0n) is 10.3.